The number of amides is 1. The fourth-order valence-electron chi connectivity index (χ4n) is 3.62. The van der Waals surface area contributed by atoms with Crippen molar-refractivity contribution in [2.24, 2.45) is 0 Å². The van der Waals surface area contributed by atoms with Gasteiger partial charge in [-0.3, -0.25) is 9.48 Å². The van der Waals surface area contributed by atoms with E-state index in [-0.39, 0.29) is 11.8 Å². The zero-order valence-electron chi connectivity index (χ0n) is 18.7. The molecule has 0 saturated heterocycles. The second-order valence-corrected chi connectivity index (χ2v) is 8.89. The number of rotatable bonds is 9. The molecule has 0 aliphatic heterocycles. The molecule has 1 fully saturated rings. The molecule has 1 aromatic heterocycles. The van der Waals surface area contributed by atoms with Gasteiger partial charge in [-0.25, -0.2) is 0 Å². The summed E-state index contributed by atoms with van der Waals surface area (Å²) in [6.45, 7) is 2.93. The van der Waals surface area contributed by atoms with Crippen LogP contribution in [0.25, 0.3) is 0 Å². The number of alkyl halides is 3. The molecule has 0 unspecified atom stereocenters. The lowest BCUT2D eigenvalue weighted by Gasteiger charge is -2.10. The molecular weight excluding hydrogens is 467 g/mol. The minimum Gasteiger partial charge on any atom is -0.487 e. The Hall–Kier alpha value is -3.00. The van der Waals surface area contributed by atoms with Crippen molar-refractivity contribution in [2.75, 3.05) is 6.54 Å². The van der Waals surface area contributed by atoms with Gasteiger partial charge in [0, 0.05) is 30.3 Å². The van der Waals surface area contributed by atoms with E-state index < -0.39 is 11.9 Å². The molecular formula is C25H25ClF3N3O2. The molecule has 1 heterocycles. The molecule has 0 bridgehead atoms. The Labute approximate surface area is 200 Å². The Morgan fingerprint density at radius 2 is 1.91 bits per heavy atom. The van der Waals surface area contributed by atoms with Gasteiger partial charge >= 0.3 is 6.18 Å². The first kappa shape index (κ1) is 24.1. The van der Waals surface area contributed by atoms with E-state index in [1.807, 2.05) is 31.2 Å². The first-order valence-corrected chi connectivity index (χ1v) is 11.5. The van der Waals surface area contributed by atoms with Crippen LogP contribution in [0.2, 0.25) is 5.02 Å². The van der Waals surface area contributed by atoms with E-state index in [1.54, 1.807) is 18.2 Å². The van der Waals surface area contributed by atoms with E-state index in [0.29, 0.717) is 48.1 Å². The average Bonchev–Trinajstić information content (AvgIpc) is 3.55. The highest BCUT2D eigenvalue weighted by Crippen LogP contribution is 2.42. The van der Waals surface area contributed by atoms with Gasteiger partial charge in [0.15, 0.2) is 5.69 Å². The molecule has 0 radical (unpaired) electrons. The minimum absolute atomic E-state index is 0.155. The highest BCUT2D eigenvalue weighted by Gasteiger charge is 2.37. The quantitative estimate of drug-likeness (QED) is 0.366. The lowest BCUT2D eigenvalue weighted by molar-refractivity contribution is -0.141. The largest absolute Gasteiger partial charge is 0.487 e. The third kappa shape index (κ3) is 6.11. The van der Waals surface area contributed by atoms with Crippen molar-refractivity contribution in [3.8, 4) is 5.75 Å². The average molecular weight is 492 g/mol. The van der Waals surface area contributed by atoms with Gasteiger partial charge in [-0.15, -0.1) is 0 Å². The van der Waals surface area contributed by atoms with Crippen LogP contribution in [0.4, 0.5) is 13.2 Å². The molecule has 1 N–H and O–H groups in total. The lowest BCUT2D eigenvalue weighted by atomic mass is 10.1. The molecule has 9 heteroatoms. The zero-order chi connectivity index (χ0) is 24.3. The lowest BCUT2D eigenvalue weighted by Crippen LogP contribution is -2.25. The summed E-state index contributed by atoms with van der Waals surface area (Å²) in [7, 11) is 0. The smallest absolute Gasteiger partial charge is 0.435 e. The number of halogens is 4. The minimum atomic E-state index is -4.45. The van der Waals surface area contributed by atoms with Gasteiger partial charge in [-0.05, 0) is 67.6 Å². The van der Waals surface area contributed by atoms with Gasteiger partial charge in [-0.2, -0.15) is 18.3 Å². The summed E-state index contributed by atoms with van der Waals surface area (Å²) in [4.78, 5) is 12.4. The maximum atomic E-state index is 13.0. The topological polar surface area (TPSA) is 56.1 Å². The Morgan fingerprint density at radius 1 is 1.18 bits per heavy atom. The van der Waals surface area contributed by atoms with Crippen LogP contribution in [0.15, 0.2) is 48.5 Å². The van der Waals surface area contributed by atoms with Gasteiger partial charge in [0.05, 0.1) is 5.02 Å². The Kier molecular flexibility index (Phi) is 7.16. The second kappa shape index (κ2) is 10.1. The van der Waals surface area contributed by atoms with Crippen LogP contribution in [-0.4, -0.2) is 22.2 Å². The fourth-order valence-corrected chi connectivity index (χ4v) is 3.80. The number of aryl methyl sites for hydroxylation is 2. The van der Waals surface area contributed by atoms with Crippen molar-refractivity contribution >= 4 is 17.5 Å². The van der Waals surface area contributed by atoms with Crippen LogP contribution in [0.5, 0.6) is 5.75 Å². The first-order valence-electron chi connectivity index (χ1n) is 11.1. The van der Waals surface area contributed by atoms with Crippen LogP contribution in [0, 0.1) is 6.92 Å². The predicted molar refractivity (Wildman–Crippen MR) is 123 cm³/mol. The summed E-state index contributed by atoms with van der Waals surface area (Å²) in [5, 5.41) is 7.08. The molecule has 1 aliphatic carbocycles. The van der Waals surface area contributed by atoms with Crippen LogP contribution in [0.1, 0.15) is 58.1 Å². The third-order valence-electron chi connectivity index (χ3n) is 5.63. The van der Waals surface area contributed by atoms with Crippen LogP contribution in [-0.2, 0) is 19.3 Å². The van der Waals surface area contributed by atoms with Gasteiger partial charge in [0.1, 0.15) is 12.4 Å². The van der Waals surface area contributed by atoms with Crippen molar-refractivity contribution in [1.29, 1.82) is 0 Å². The number of nitrogens with one attached hydrogen (secondary N) is 1. The monoisotopic (exact) mass is 491 g/mol. The number of nitrogens with zero attached hydrogens (tertiary/aromatic N) is 2. The summed E-state index contributed by atoms with van der Waals surface area (Å²) < 4.78 is 46.2. The Balaban J connectivity index is 1.25. The van der Waals surface area contributed by atoms with E-state index in [4.69, 9.17) is 16.3 Å². The number of hydrogen-bond acceptors (Lipinski definition) is 3. The van der Waals surface area contributed by atoms with E-state index in [1.165, 1.54) is 4.68 Å². The zero-order valence-corrected chi connectivity index (χ0v) is 19.4. The van der Waals surface area contributed by atoms with Crippen LogP contribution < -0.4 is 10.1 Å². The summed E-state index contributed by atoms with van der Waals surface area (Å²) in [6, 6.07) is 13.7. The molecule has 5 nitrogen and oxygen atoms in total. The van der Waals surface area contributed by atoms with Crippen molar-refractivity contribution in [3.63, 3.8) is 0 Å². The van der Waals surface area contributed by atoms with Gasteiger partial charge < -0.3 is 10.1 Å². The van der Waals surface area contributed by atoms with Gasteiger partial charge in [0.2, 0.25) is 0 Å². The van der Waals surface area contributed by atoms with Crippen molar-refractivity contribution < 1.29 is 22.7 Å². The summed E-state index contributed by atoms with van der Waals surface area (Å²) in [5.74, 6) is 0.517. The molecule has 2 aromatic carbocycles. The van der Waals surface area contributed by atoms with Gasteiger partial charge in [-0.1, -0.05) is 29.8 Å². The molecule has 1 amide bonds. The van der Waals surface area contributed by atoms with E-state index in [9.17, 15) is 18.0 Å². The normalized spacial score (nSPS) is 13.7. The van der Waals surface area contributed by atoms with Crippen LogP contribution in [0.3, 0.4) is 0 Å². The molecule has 4 rings (SSSR count). The summed E-state index contributed by atoms with van der Waals surface area (Å²) >= 11 is 6.14. The molecule has 180 valence electrons. The highest BCUT2D eigenvalue weighted by atomic mass is 35.5. The maximum absolute atomic E-state index is 13.0. The van der Waals surface area contributed by atoms with E-state index >= 15 is 0 Å². The number of hydrogen-bond donors (Lipinski definition) is 1. The molecule has 0 spiro atoms. The van der Waals surface area contributed by atoms with E-state index in [0.717, 1.165) is 30.0 Å². The fraction of sp³-hybridized carbons (Fsp3) is 0.360. The van der Waals surface area contributed by atoms with Crippen molar-refractivity contribution in [1.82, 2.24) is 15.1 Å². The Morgan fingerprint density at radius 3 is 2.59 bits per heavy atom. The maximum Gasteiger partial charge on any atom is 0.435 e. The Bertz CT molecular complexity index is 1160. The van der Waals surface area contributed by atoms with Crippen molar-refractivity contribution in [2.45, 2.75) is 51.4 Å². The summed E-state index contributed by atoms with van der Waals surface area (Å²) in [5.41, 5.74) is 2.20. The number of ether oxygens (including phenoxy) is 1. The standard InChI is InChI=1S/C25H25ClF3N3O2/c1-16-3-10-20(26)22(13-16)34-15-17-4-6-19(7-5-17)24(33)30-11-2-12-32-21(18-8-9-18)14-23(31-32)25(27,28)29/h3-7,10,13-14,18H,2,8-9,11-12,15H2,1H3,(H,30,33). The highest BCUT2D eigenvalue weighted by molar-refractivity contribution is 6.32. The predicted octanol–water partition coefficient (Wildman–Crippen LogP) is 6.14. The molecule has 1 aliphatic rings. The number of aromatic nitrogens is 2. The van der Waals surface area contributed by atoms with Crippen LogP contribution >= 0.6 is 11.6 Å². The van der Waals surface area contributed by atoms with Crippen molar-refractivity contribution in [3.05, 3.63) is 81.6 Å². The SMILES string of the molecule is Cc1ccc(Cl)c(OCc2ccc(C(=O)NCCCn3nc(C(F)(F)F)cc3C3CC3)cc2)c1. The third-order valence-corrected chi connectivity index (χ3v) is 5.94. The number of carbonyl (C=O) groups is 1. The molecule has 34 heavy (non-hydrogen) atoms. The van der Waals surface area contributed by atoms with E-state index in [2.05, 4.69) is 10.4 Å². The molecule has 1 saturated carbocycles. The first-order chi connectivity index (χ1) is 16.2. The molecule has 0 atom stereocenters. The van der Waals surface area contributed by atoms with Gasteiger partial charge in [0.25, 0.3) is 5.91 Å². The molecule has 3 aromatic rings. The summed E-state index contributed by atoms with van der Waals surface area (Å²) in [6.07, 6.45) is -2.20. The second-order valence-electron chi connectivity index (χ2n) is 8.48. The number of benzene rings is 2. The number of carbonyl (C=O) groups excluding carboxylic acids is 1.